The van der Waals surface area contributed by atoms with Gasteiger partial charge in [0.05, 0.1) is 0 Å². The first-order valence-electron chi connectivity index (χ1n) is 7.02. The summed E-state index contributed by atoms with van der Waals surface area (Å²) in [6, 6.07) is 0. The van der Waals surface area contributed by atoms with Gasteiger partial charge >= 0.3 is 0 Å². The number of ketones is 1. The average molecular weight is 239 g/mol. The number of carbonyl (C=O) groups excluding carboxylic acids is 1. The summed E-state index contributed by atoms with van der Waals surface area (Å²) in [5.41, 5.74) is 0.373. The van der Waals surface area contributed by atoms with Crippen LogP contribution in [0.5, 0.6) is 0 Å². The van der Waals surface area contributed by atoms with Crippen molar-refractivity contribution >= 4 is 5.78 Å². The summed E-state index contributed by atoms with van der Waals surface area (Å²) in [6.45, 7) is 14.0. The van der Waals surface area contributed by atoms with Gasteiger partial charge in [-0.05, 0) is 31.3 Å². The normalized spacial score (nSPS) is 21.5. The van der Waals surface area contributed by atoms with E-state index in [1.807, 2.05) is 20.8 Å². The molecule has 0 radical (unpaired) electrons. The SMILES string of the molecule is CCC1(C)CCN(CCC(=O)C(C)(C)C)CC1. The minimum atomic E-state index is -0.173. The molecular formula is C15H29NO. The molecule has 17 heavy (non-hydrogen) atoms. The third-order valence-electron chi connectivity index (χ3n) is 4.41. The Bertz CT molecular complexity index is 257. The third kappa shape index (κ3) is 4.42. The average Bonchev–Trinajstić information content (AvgIpc) is 2.27. The fraction of sp³-hybridized carbons (Fsp3) is 0.933. The first kappa shape index (κ1) is 14.7. The molecule has 0 spiro atoms. The number of likely N-dealkylation sites (tertiary alicyclic amines) is 1. The second-order valence-electron chi connectivity index (χ2n) is 6.93. The molecule has 0 bridgehead atoms. The summed E-state index contributed by atoms with van der Waals surface area (Å²) in [6.07, 6.45) is 4.56. The zero-order chi connectivity index (χ0) is 13.1. The van der Waals surface area contributed by atoms with E-state index in [2.05, 4.69) is 18.7 Å². The third-order valence-corrected chi connectivity index (χ3v) is 4.41. The van der Waals surface area contributed by atoms with Crippen LogP contribution in [0.25, 0.3) is 0 Å². The fourth-order valence-electron chi connectivity index (χ4n) is 2.30. The second kappa shape index (κ2) is 5.51. The Morgan fingerprint density at radius 2 is 1.76 bits per heavy atom. The first-order chi connectivity index (χ1) is 7.77. The van der Waals surface area contributed by atoms with Gasteiger partial charge in [0.15, 0.2) is 0 Å². The number of hydrogen-bond donors (Lipinski definition) is 0. The molecule has 1 saturated heterocycles. The molecule has 1 rings (SSSR count). The maximum Gasteiger partial charge on any atom is 0.139 e. The maximum absolute atomic E-state index is 11.9. The van der Waals surface area contributed by atoms with Crippen molar-refractivity contribution in [3.8, 4) is 0 Å². The Morgan fingerprint density at radius 3 is 2.18 bits per heavy atom. The van der Waals surface area contributed by atoms with E-state index in [9.17, 15) is 4.79 Å². The summed E-state index contributed by atoms with van der Waals surface area (Å²) >= 11 is 0. The molecule has 2 nitrogen and oxygen atoms in total. The lowest BCUT2D eigenvalue weighted by atomic mass is 9.78. The lowest BCUT2D eigenvalue weighted by Gasteiger charge is -2.39. The van der Waals surface area contributed by atoms with Crippen LogP contribution in [0.1, 0.15) is 60.3 Å². The summed E-state index contributed by atoms with van der Waals surface area (Å²) in [4.78, 5) is 14.3. The van der Waals surface area contributed by atoms with E-state index in [1.54, 1.807) is 0 Å². The van der Waals surface area contributed by atoms with E-state index in [-0.39, 0.29) is 5.41 Å². The Hall–Kier alpha value is -0.370. The highest BCUT2D eigenvalue weighted by Gasteiger charge is 2.29. The van der Waals surface area contributed by atoms with Gasteiger partial charge in [-0.2, -0.15) is 0 Å². The quantitative estimate of drug-likeness (QED) is 0.748. The van der Waals surface area contributed by atoms with E-state index in [4.69, 9.17) is 0 Å². The van der Waals surface area contributed by atoms with Crippen molar-refractivity contribution in [2.45, 2.75) is 60.3 Å². The predicted octanol–water partition coefficient (Wildman–Crippen LogP) is 3.50. The number of carbonyl (C=O) groups is 1. The number of piperidine rings is 1. The molecule has 0 atom stereocenters. The second-order valence-corrected chi connectivity index (χ2v) is 6.93. The highest BCUT2D eigenvalue weighted by molar-refractivity contribution is 5.83. The largest absolute Gasteiger partial charge is 0.303 e. The predicted molar refractivity (Wildman–Crippen MR) is 73.2 cm³/mol. The van der Waals surface area contributed by atoms with Crippen LogP contribution < -0.4 is 0 Å². The Balaban J connectivity index is 2.30. The van der Waals surface area contributed by atoms with Crippen molar-refractivity contribution in [3.05, 3.63) is 0 Å². The lowest BCUT2D eigenvalue weighted by molar-refractivity contribution is -0.126. The van der Waals surface area contributed by atoms with Gasteiger partial charge in [-0.15, -0.1) is 0 Å². The van der Waals surface area contributed by atoms with Gasteiger partial charge in [-0.1, -0.05) is 41.0 Å². The molecule has 100 valence electrons. The Labute approximate surface area is 107 Å². The molecule has 0 aromatic carbocycles. The van der Waals surface area contributed by atoms with Crippen LogP contribution in [0.2, 0.25) is 0 Å². The zero-order valence-corrected chi connectivity index (χ0v) is 12.3. The molecule has 1 aliphatic rings. The molecule has 1 heterocycles. The van der Waals surface area contributed by atoms with Crippen LogP contribution in [-0.2, 0) is 4.79 Å². The van der Waals surface area contributed by atoms with Crippen molar-refractivity contribution in [3.63, 3.8) is 0 Å². The van der Waals surface area contributed by atoms with E-state index in [0.717, 1.165) is 6.54 Å². The molecule has 0 unspecified atom stereocenters. The van der Waals surface area contributed by atoms with Gasteiger partial charge in [0.2, 0.25) is 0 Å². The monoisotopic (exact) mass is 239 g/mol. The molecule has 1 aliphatic heterocycles. The summed E-state index contributed by atoms with van der Waals surface area (Å²) < 4.78 is 0. The smallest absolute Gasteiger partial charge is 0.139 e. The molecule has 0 aromatic rings. The van der Waals surface area contributed by atoms with Crippen LogP contribution in [0.3, 0.4) is 0 Å². The highest BCUT2D eigenvalue weighted by Crippen LogP contribution is 2.33. The van der Waals surface area contributed by atoms with E-state index in [1.165, 1.54) is 32.4 Å². The van der Waals surface area contributed by atoms with Crippen molar-refractivity contribution in [1.82, 2.24) is 4.90 Å². The molecule has 0 aromatic heterocycles. The minimum Gasteiger partial charge on any atom is -0.303 e. The van der Waals surface area contributed by atoms with E-state index < -0.39 is 0 Å². The van der Waals surface area contributed by atoms with Gasteiger partial charge in [0, 0.05) is 18.4 Å². The standard InChI is InChI=1S/C15H29NO/c1-6-15(5)8-11-16(12-9-15)10-7-13(17)14(2,3)4/h6-12H2,1-5H3. The van der Waals surface area contributed by atoms with Crippen molar-refractivity contribution in [2.24, 2.45) is 10.8 Å². The van der Waals surface area contributed by atoms with Gasteiger partial charge in [-0.25, -0.2) is 0 Å². The first-order valence-corrected chi connectivity index (χ1v) is 7.02. The van der Waals surface area contributed by atoms with Crippen LogP contribution in [0.15, 0.2) is 0 Å². The van der Waals surface area contributed by atoms with Gasteiger partial charge in [0.1, 0.15) is 5.78 Å². The van der Waals surface area contributed by atoms with Crippen LogP contribution in [0.4, 0.5) is 0 Å². The summed E-state index contributed by atoms with van der Waals surface area (Å²) in [5.74, 6) is 0.390. The van der Waals surface area contributed by atoms with Crippen LogP contribution in [0, 0.1) is 10.8 Å². The van der Waals surface area contributed by atoms with Gasteiger partial charge in [-0.3, -0.25) is 4.79 Å². The topological polar surface area (TPSA) is 20.3 Å². The molecule has 0 amide bonds. The van der Waals surface area contributed by atoms with Crippen LogP contribution >= 0.6 is 0 Å². The van der Waals surface area contributed by atoms with Crippen molar-refractivity contribution in [2.75, 3.05) is 19.6 Å². The molecule has 0 aliphatic carbocycles. The minimum absolute atomic E-state index is 0.173. The lowest BCUT2D eigenvalue weighted by Crippen LogP contribution is -2.40. The fourth-order valence-corrected chi connectivity index (χ4v) is 2.30. The molecular weight excluding hydrogens is 210 g/mol. The van der Waals surface area contributed by atoms with Crippen LogP contribution in [-0.4, -0.2) is 30.3 Å². The maximum atomic E-state index is 11.9. The Morgan fingerprint density at radius 1 is 1.24 bits per heavy atom. The molecule has 1 fully saturated rings. The number of rotatable bonds is 4. The molecule has 0 saturated carbocycles. The highest BCUT2D eigenvalue weighted by atomic mass is 16.1. The van der Waals surface area contributed by atoms with E-state index >= 15 is 0 Å². The molecule has 0 N–H and O–H groups in total. The summed E-state index contributed by atoms with van der Waals surface area (Å²) in [7, 11) is 0. The molecule has 2 heteroatoms. The Kier molecular flexibility index (Phi) is 4.77. The number of Topliss-reactive ketones (excluding diaryl/α,β-unsaturated/α-hetero) is 1. The van der Waals surface area contributed by atoms with Gasteiger partial charge in [0.25, 0.3) is 0 Å². The van der Waals surface area contributed by atoms with Crippen molar-refractivity contribution < 1.29 is 4.79 Å². The van der Waals surface area contributed by atoms with Gasteiger partial charge < -0.3 is 4.90 Å². The van der Waals surface area contributed by atoms with Crippen molar-refractivity contribution in [1.29, 1.82) is 0 Å². The number of hydrogen-bond acceptors (Lipinski definition) is 2. The summed E-state index contributed by atoms with van der Waals surface area (Å²) in [5, 5.41) is 0. The van der Waals surface area contributed by atoms with E-state index in [0.29, 0.717) is 17.6 Å². The number of nitrogens with zero attached hydrogens (tertiary/aromatic N) is 1. The zero-order valence-electron chi connectivity index (χ0n) is 12.3.